The number of para-hydroxylation sites is 1. The fourth-order valence-corrected chi connectivity index (χ4v) is 4.59. The van der Waals surface area contributed by atoms with Crippen molar-refractivity contribution in [3.05, 3.63) is 114 Å². The van der Waals surface area contributed by atoms with Crippen LogP contribution in [-0.4, -0.2) is 28.6 Å². The van der Waals surface area contributed by atoms with Crippen LogP contribution in [0.5, 0.6) is 17.2 Å². The third-order valence-electron chi connectivity index (χ3n) is 6.57. The topological polar surface area (TPSA) is 43.7 Å². The number of rotatable bonds is 8. The Morgan fingerprint density at radius 1 is 0.821 bits per heavy atom. The van der Waals surface area contributed by atoms with Crippen molar-refractivity contribution in [1.82, 2.24) is 9.47 Å². The number of aromatic nitrogens is 1. The summed E-state index contributed by atoms with van der Waals surface area (Å²) in [6, 6.07) is 26.6. The van der Waals surface area contributed by atoms with Crippen LogP contribution in [0.1, 0.15) is 19.4 Å². The molecule has 1 heterocycles. The first-order valence-electron chi connectivity index (χ1n) is 12.8. The average molecular weight is 527 g/mol. The van der Waals surface area contributed by atoms with E-state index in [2.05, 4.69) is 4.57 Å². The first-order valence-corrected chi connectivity index (χ1v) is 12.8. The first kappa shape index (κ1) is 26.0. The van der Waals surface area contributed by atoms with E-state index in [4.69, 9.17) is 9.47 Å². The standard InChI is InChI=1S/C32H28F2N2O3/c1-3-35(4-2)32(37)39-30-16-15-29-26(31(30)23-13-14-27(33)28(34)20-23)17-18-36(29)21-22-9-8-12-25(19-22)38-24-10-6-5-7-11-24/h5-20H,3-4,21H2,1-2H3. The van der Waals surface area contributed by atoms with Crippen molar-refractivity contribution in [3.63, 3.8) is 0 Å². The van der Waals surface area contributed by atoms with Crippen molar-refractivity contribution < 1.29 is 23.0 Å². The fraction of sp³-hybridized carbons (Fsp3) is 0.156. The van der Waals surface area contributed by atoms with Crippen LogP contribution < -0.4 is 9.47 Å². The summed E-state index contributed by atoms with van der Waals surface area (Å²) >= 11 is 0. The summed E-state index contributed by atoms with van der Waals surface area (Å²) in [5, 5.41) is 0.752. The predicted octanol–water partition coefficient (Wildman–Crippen LogP) is 8.27. The van der Waals surface area contributed by atoms with E-state index in [1.807, 2.05) is 86.8 Å². The number of carbonyl (C=O) groups excluding carboxylic acids is 1. The van der Waals surface area contributed by atoms with Gasteiger partial charge in [0, 0.05) is 42.3 Å². The molecule has 0 unspecified atom stereocenters. The minimum Gasteiger partial charge on any atom is -0.457 e. The number of benzene rings is 4. The predicted molar refractivity (Wildman–Crippen MR) is 148 cm³/mol. The van der Waals surface area contributed by atoms with Gasteiger partial charge in [0.25, 0.3) is 0 Å². The van der Waals surface area contributed by atoms with Crippen molar-refractivity contribution in [2.24, 2.45) is 0 Å². The van der Waals surface area contributed by atoms with E-state index in [-0.39, 0.29) is 5.75 Å². The van der Waals surface area contributed by atoms with Gasteiger partial charge in [0.1, 0.15) is 17.2 Å². The van der Waals surface area contributed by atoms with Gasteiger partial charge in [-0.2, -0.15) is 0 Å². The second-order valence-electron chi connectivity index (χ2n) is 9.05. The molecule has 0 atom stereocenters. The summed E-state index contributed by atoms with van der Waals surface area (Å²) in [5.74, 6) is -0.156. The summed E-state index contributed by atoms with van der Waals surface area (Å²) in [6.07, 6.45) is 1.42. The van der Waals surface area contributed by atoms with E-state index in [9.17, 15) is 13.6 Å². The normalized spacial score (nSPS) is 11.0. The molecule has 4 aromatic carbocycles. The molecule has 0 aliphatic heterocycles. The van der Waals surface area contributed by atoms with E-state index in [1.165, 1.54) is 6.07 Å². The maximum absolute atomic E-state index is 14.3. The van der Waals surface area contributed by atoms with Crippen LogP contribution in [0.3, 0.4) is 0 Å². The molecule has 1 aromatic heterocycles. The van der Waals surface area contributed by atoms with Crippen LogP contribution in [0.15, 0.2) is 97.2 Å². The average Bonchev–Trinajstić information content (AvgIpc) is 3.34. The highest BCUT2D eigenvalue weighted by molar-refractivity contribution is 5.99. The van der Waals surface area contributed by atoms with Crippen molar-refractivity contribution in [3.8, 4) is 28.4 Å². The lowest BCUT2D eigenvalue weighted by atomic mass is 10.00. The van der Waals surface area contributed by atoms with Gasteiger partial charge in [-0.3, -0.25) is 0 Å². The van der Waals surface area contributed by atoms with E-state index >= 15 is 0 Å². The highest BCUT2D eigenvalue weighted by Crippen LogP contribution is 2.39. The molecule has 1 amide bonds. The lowest BCUT2D eigenvalue weighted by Crippen LogP contribution is -2.33. The number of hydrogen-bond acceptors (Lipinski definition) is 3. The molecule has 0 N–H and O–H groups in total. The quantitative estimate of drug-likeness (QED) is 0.204. The van der Waals surface area contributed by atoms with Gasteiger partial charge in [-0.05, 0) is 79.6 Å². The van der Waals surface area contributed by atoms with Gasteiger partial charge in [0.15, 0.2) is 11.6 Å². The van der Waals surface area contributed by atoms with Crippen LogP contribution in [0, 0.1) is 11.6 Å². The van der Waals surface area contributed by atoms with Crippen molar-refractivity contribution in [2.45, 2.75) is 20.4 Å². The highest BCUT2D eigenvalue weighted by atomic mass is 19.2. The minimum absolute atomic E-state index is 0.279. The lowest BCUT2D eigenvalue weighted by Gasteiger charge is -2.20. The lowest BCUT2D eigenvalue weighted by molar-refractivity contribution is 0.157. The van der Waals surface area contributed by atoms with Gasteiger partial charge in [0.2, 0.25) is 0 Å². The van der Waals surface area contributed by atoms with Crippen LogP contribution in [0.4, 0.5) is 13.6 Å². The largest absolute Gasteiger partial charge is 0.457 e. The van der Waals surface area contributed by atoms with Crippen molar-refractivity contribution in [1.29, 1.82) is 0 Å². The molecule has 5 aromatic rings. The number of hydrogen-bond donors (Lipinski definition) is 0. The molecule has 0 saturated heterocycles. The Morgan fingerprint density at radius 3 is 2.33 bits per heavy atom. The van der Waals surface area contributed by atoms with Gasteiger partial charge < -0.3 is 18.9 Å². The van der Waals surface area contributed by atoms with E-state index in [0.29, 0.717) is 30.8 Å². The molecule has 7 heteroatoms. The maximum Gasteiger partial charge on any atom is 0.415 e. The molecule has 0 spiro atoms. The van der Waals surface area contributed by atoms with Gasteiger partial charge in [-0.15, -0.1) is 0 Å². The molecule has 0 aliphatic rings. The Hall–Kier alpha value is -4.65. The first-order chi connectivity index (χ1) is 19.0. The summed E-state index contributed by atoms with van der Waals surface area (Å²) in [5.41, 5.74) is 2.81. The van der Waals surface area contributed by atoms with Gasteiger partial charge in [-0.1, -0.05) is 36.4 Å². The van der Waals surface area contributed by atoms with Crippen LogP contribution in [0.2, 0.25) is 0 Å². The third kappa shape index (κ3) is 5.62. The Morgan fingerprint density at radius 2 is 1.59 bits per heavy atom. The van der Waals surface area contributed by atoms with E-state index in [1.54, 1.807) is 11.0 Å². The summed E-state index contributed by atoms with van der Waals surface area (Å²) in [4.78, 5) is 14.3. The number of carbonyl (C=O) groups is 1. The molecule has 39 heavy (non-hydrogen) atoms. The molecule has 198 valence electrons. The number of ether oxygens (including phenoxy) is 2. The number of amides is 1. The monoisotopic (exact) mass is 526 g/mol. The smallest absolute Gasteiger partial charge is 0.415 e. The minimum atomic E-state index is -0.972. The Balaban J connectivity index is 1.52. The molecule has 0 aliphatic carbocycles. The zero-order valence-electron chi connectivity index (χ0n) is 21.7. The molecule has 0 radical (unpaired) electrons. The third-order valence-corrected chi connectivity index (χ3v) is 6.57. The summed E-state index contributed by atoms with van der Waals surface area (Å²) in [7, 11) is 0. The second-order valence-corrected chi connectivity index (χ2v) is 9.05. The molecular formula is C32H28F2N2O3. The molecule has 5 nitrogen and oxygen atoms in total. The molecule has 0 fully saturated rings. The van der Waals surface area contributed by atoms with Crippen molar-refractivity contribution >= 4 is 17.0 Å². The molecule has 5 rings (SSSR count). The fourth-order valence-electron chi connectivity index (χ4n) is 4.59. The van der Waals surface area contributed by atoms with Crippen LogP contribution in [-0.2, 0) is 6.54 Å². The maximum atomic E-state index is 14.3. The zero-order valence-corrected chi connectivity index (χ0v) is 21.7. The SMILES string of the molecule is CCN(CC)C(=O)Oc1ccc2c(ccn2Cc2cccc(Oc3ccccc3)c2)c1-c1ccc(F)c(F)c1. The summed E-state index contributed by atoms with van der Waals surface area (Å²) < 4.78 is 41.9. The van der Waals surface area contributed by atoms with Crippen LogP contribution >= 0.6 is 0 Å². The van der Waals surface area contributed by atoms with Gasteiger partial charge >= 0.3 is 6.09 Å². The second kappa shape index (κ2) is 11.4. The van der Waals surface area contributed by atoms with Crippen molar-refractivity contribution in [2.75, 3.05) is 13.1 Å². The highest BCUT2D eigenvalue weighted by Gasteiger charge is 2.20. The number of fused-ring (bicyclic) bond motifs is 1. The van der Waals surface area contributed by atoms with E-state index < -0.39 is 17.7 Å². The zero-order chi connectivity index (χ0) is 27.4. The number of halogens is 2. The van der Waals surface area contributed by atoms with Gasteiger partial charge in [0.05, 0.1) is 0 Å². The summed E-state index contributed by atoms with van der Waals surface area (Å²) in [6.45, 7) is 5.25. The number of nitrogens with zero attached hydrogens (tertiary/aromatic N) is 2. The molecular weight excluding hydrogens is 498 g/mol. The van der Waals surface area contributed by atoms with E-state index in [0.717, 1.165) is 40.1 Å². The Kier molecular flexibility index (Phi) is 7.59. The Bertz CT molecular complexity index is 1610. The Labute approximate surface area is 225 Å². The van der Waals surface area contributed by atoms with Gasteiger partial charge in [-0.25, -0.2) is 13.6 Å². The van der Waals surface area contributed by atoms with Crippen LogP contribution in [0.25, 0.3) is 22.0 Å². The molecule has 0 saturated carbocycles. The molecule has 0 bridgehead atoms.